The smallest absolute Gasteiger partial charge is 0.0619 e. The highest BCUT2D eigenvalue weighted by Crippen LogP contribution is 2.15. The van der Waals surface area contributed by atoms with Crippen molar-refractivity contribution in [1.82, 2.24) is 10.2 Å². The van der Waals surface area contributed by atoms with Crippen LogP contribution in [0.3, 0.4) is 0 Å². The first-order chi connectivity index (χ1) is 7.86. The zero-order valence-corrected chi connectivity index (χ0v) is 10.6. The largest absolute Gasteiger partial charge is 0.380 e. The van der Waals surface area contributed by atoms with E-state index in [0.717, 1.165) is 25.8 Å². The molecule has 2 saturated heterocycles. The second kappa shape index (κ2) is 6.58. The van der Waals surface area contributed by atoms with Gasteiger partial charge < -0.3 is 10.1 Å². The van der Waals surface area contributed by atoms with E-state index in [9.17, 15) is 0 Å². The van der Waals surface area contributed by atoms with Crippen molar-refractivity contribution in [2.75, 3.05) is 32.8 Å². The highest BCUT2D eigenvalue weighted by molar-refractivity contribution is 4.75. The van der Waals surface area contributed by atoms with Crippen LogP contribution in [0.25, 0.3) is 0 Å². The number of likely N-dealkylation sites (tertiary alicyclic amines) is 1. The van der Waals surface area contributed by atoms with Gasteiger partial charge in [-0.3, -0.25) is 4.90 Å². The van der Waals surface area contributed by atoms with E-state index in [2.05, 4.69) is 17.1 Å². The first kappa shape index (κ1) is 12.3. The molecule has 0 bridgehead atoms. The number of hydrogen-bond acceptors (Lipinski definition) is 3. The van der Waals surface area contributed by atoms with Crippen molar-refractivity contribution in [2.45, 2.75) is 51.1 Å². The molecule has 3 nitrogen and oxygen atoms in total. The van der Waals surface area contributed by atoms with Gasteiger partial charge in [-0.05, 0) is 39.2 Å². The molecule has 0 amide bonds. The third kappa shape index (κ3) is 3.72. The number of piperidine rings is 1. The van der Waals surface area contributed by atoms with Crippen LogP contribution in [-0.4, -0.2) is 49.8 Å². The third-order valence-electron chi connectivity index (χ3n) is 3.93. The van der Waals surface area contributed by atoms with Gasteiger partial charge in [0.25, 0.3) is 0 Å². The second-order valence-corrected chi connectivity index (χ2v) is 5.25. The van der Waals surface area contributed by atoms with Gasteiger partial charge in [-0.25, -0.2) is 0 Å². The lowest BCUT2D eigenvalue weighted by molar-refractivity contribution is 0.0680. The number of nitrogens with zero attached hydrogens (tertiary/aromatic N) is 1. The van der Waals surface area contributed by atoms with Gasteiger partial charge in [-0.15, -0.1) is 0 Å². The van der Waals surface area contributed by atoms with E-state index >= 15 is 0 Å². The summed E-state index contributed by atoms with van der Waals surface area (Å²) in [5, 5.41) is 3.62. The summed E-state index contributed by atoms with van der Waals surface area (Å²) in [6.45, 7) is 7.86. The standard InChI is InChI=1S/C13H26N2O/c1-12-5-2-3-8-15(12)9-7-14-13-6-4-10-16-11-13/h12-14H,2-11H2,1H3. The fourth-order valence-corrected chi connectivity index (χ4v) is 2.80. The van der Waals surface area contributed by atoms with Gasteiger partial charge in [0.15, 0.2) is 0 Å². The normalized spacial score (nSPS) is 32.8. The quantitative estimate of drug-likeness (QED) is 0.788. The van der Waals surface area contributed by atoms with Crippen LogP contribution in [-0.2, 0) is 4.74 Å². The monoisotopic (exact) mass is 226 g/mol. The zero-order chi connectivity index (χ0) is 11.2. The van der Waals surface area contributed by atoms with Gasteiger partial charge in [-0.1, -0.05) is 6.42 Å². The summed E-state index contributed by atoms with van der Waals surface area (Å²) in [4.78, 5) is 2.63. The highest BCUT2D eigenvalue weighted by Gasteiger charge is 2.18. The fraction of sp³-hybridized carbons (Fsp3) is 1.00. The van der Waals surface area contributed by atoms with E-state index in [1.807, 2.05) is 0 Å². The molecule has 0 aromatic carbocycles. The Balaban J connectivity index is 1.59. The molecule has 3 heteroatoms. The van der Waals surface area contributed by atoms with Gasteiger partial charge in [0, 0.05) is 31.8 Å². The minimum absolute atomic E-state index is 0.605. The van der Waals surface area contributed by atoms with Crippen LogP contribution in [0.5, 0.6) is 0 Å². The molecule has 0 aliphatic carbocycles. The molecule has 94 valence electrons. The molecule has 1 N–H and O–H groups in total. The number of hydrogen-bond donors (Lipinski definition) is 1. The molecule has 2 rings (SSSR count). The maximum absolute atomic E-state index is 5.47. The SMILES string of the molecule is CC1CCCCN1CCNC1CCCOC1. The van der Waals surface area contributed by atoms with Crippen molar-refractivity contribution in [1.29, 1.82) is 0 Å². The predicted octanol–water partition coefficient (Wildman–Crippen LogP) is 1.63. The molecule has 0 radical (unpaired) electrons. The van der Waals surface area contributed by atoms with E-state index in [1.54, 1.807) is 0 Å². The van der Waals surface area contributed by atoms with Crippen molar-refractivity contribution in [2.24, 2.45) is 0 Å². The van der Waals surface area contributed by atoms with E-state index < -0.39 is 0 Å². The predicted molar refractivity (Wildman–Crippen MR) is 66.7 cm³/mol. The molecule has 2 aliphatic rings. The summed E-state index contributed by atoms with van der Waals surface area (Å²) in [7, 11) is 0. The lowest BCUT2D eigenvalue weighted by Crippen LogP contribution is -2.45. The summed E-state index contributed by atoms with van der Waals surface area (Å²) in [5.41, 5.74) is 0. The average molecular weight is 226 g/mol. The van der Waals surface area contributed by atoms with Crippen molar-refractivity contribution < 1.29 is 4.74 Å². The maximum atomic E-state index is 5.47. The van der Waals surface area contributed by atoms with Crippen LogP contribution in [0.2, 0.25) is 0 Å². The number of ether oxygens (including phenoxy) is 1. The molecule has 0 spiro atoms. The molecule has 2 fully saturated rings. The highest BCUT2D eigenvalue weighted by atomic mass is 16.5. The summed E-state index contributed by atoms with van der Waals surface area (Å²) in [6.07, 6.45) is 6.69. The third-order valence-corrected chi connectivity index (χ3v) is 3.93. The molecule has 2 atom stereocenters. The summed E-state index contributed by atoms with van der Waals surface area (Å²) in [5.74, 6) is 0. The van der Waals surface area contributed by atoms with Crippen LogP contribution < -0.4 is 5.32 Å². The molecule has 2 unspecified atom stereocenters. The van der Waals surface area contributed by atoms with E-state index in [0.29, 0.717) is 6.04 Å². The van der Waals surface area contributed by atoms with Crippen LogP contribution in [0.15, 0.2) is 0 Å². The Hall–Kier alpha value is -0.120. The van der Waals surface area contributed by atoms with Crippen molar-refractivity contribution in [3.8, 4) is 0 Å². The van der Waals surface area contributed by atoms with Gasteiger partial charge in [-0.2, -0.15) is 0 Å². The molecule has 16 heavy (non-hydrogen) atoms. The zero-order valence-electron chi connectivity index (χ0n) is 10.6. The molecular formula is C13H26N2O. The number of rotatable bonds is 4. The Labute approximate surface area is 99.5 Å². The molecule has 2 aliphatic heterocycles. The Morgan fingerprint density at radius 2 is 2.19 bits per heavy atom. The molecule has 2 heterocycles. The molecular weight excluding hydrogens is 200 g/mol. The topological polar surface area (TPSA) is 24.5 Å². The first-order valence-corrected chi connectivity index (χ1v) is 6.91. The van der Waals surface area contributed by atoms with Crippen molar-refractivity contribution in [3.05, 3.63) is 0 Å². The lowest BCUT2D eigenvalue weighted by atomic mass is 10.0. The Bertz CT molecular complexity index is 192. The van der Waals surface area contributed by atoms with E-state index in [1.165, 1.54) is 45.2 Å². The Morgan fingerprint density at radius 1 is 1.25 bits per heavy atom. The van der Waals surface area contributed by atoms with E-state index in [4.69, 9.17) is 4.74 Å². The van der Waals surface area contributed by atoms with Crippen LogP contribution in [0.1, 0.15) is 39.0 Å². The minimum Gasteiger partial charge on any atom is -0.380 e. The van der Waals surface area contributed by atoms with Crippen molar-refractivity contribution in [3.63, 3.8) is 0 Å². The Morgan fingerprint density at radius 3 is 2.94 bits per heavy atom. The first-order valence-electron chi connectivity index (χ1n) is 6.91. The second-order valence-electron chi connectivity index (χ2n) is 5.25. The molecule has 0 aromatic rings. The summed E-state index contributed by atoms with van der Waals surface area (Å²) >= 11 is 0. The average Bonchev–Trinajstić information content (AvgIpc) is 2.33. The maximum Gasteiger partial charge on any atom is 0.0619 e. The summed E-state index contributed by atoms with van der Waals surface area (Å²) in [6, 6.07) is 1.40. The minimum atomic E-state index is 0.605. The van der Waals surface area contributed by atoms with Gasteiger partial charge in [0.2, 0.25) is 0 Å². The number of nitrogens with one attached hydrogen (secondary N) is 1. The van der Waals surface area contributed by atoms with Crippen LogP contribution >= 0.6 is 0 Å². The Kier molecular flexibility index (Phi) is 5.07. The summed E-state index contributed by atoms with van der Waals surface area (Å²) < 4.78 is 5.47. The molecule has 0 saturated carbocycles. The lowest BCUT2D eigenvalue weighted by Gasteiger charge is -2.34. The van der Waals surface area contributed by atoms with Crippen LogP contribution in [0, 0.1) is 0 Å². The van der Waals surface area contributed by atoms with Crippen molar-refractivity contribution >= 4 is 0 Å². The van der Waals surface area contributed by atoms with Gasteiger partial charge >= 0.3 is 0 Å². The van der Waals surface area contributed by atoms with E-state index in [-0.39, 0.29) is 0 Å². The fourth-order valence-electron chi connectivity index (χ4n) is 2.80. The molecule has 0 aromatic heterocycles. The van der Waals surface area contributed by atoms with Gasteiger partial charge in [0.1, 0.15) is 0 Å². The van der Waals surface area contributed by atoms with Crippen LogP contribution in [0.4, 0.5) is 0 Å². The van der Waals surface area contributed by atoms with Gasteiger partial charge in [0.05, 0.1) is 6.61 Å².